The molecular formula is C22H27BrN2O3. The van der Waals surface area contributed by atoms with Gasteiger partial charge in [0.2, 0.25) is 5.91 Å². The van der Waals surface area contributed by atoms with Crippen molar-refractivity contribution < 1.29 is 14.3 Å². The second kappa shape index (κ2) is 10.3. The zero-order valence-corrected chi connectivity index (χ0v) is 18.3. The normalized spacial score (nSPS) is 11.8. The summed E-state index contributed by atoms with van der Waals surface area (Å²) in [5.74, 6) is 0.512. The second-order valence-corrected chi connectivity index (χ2v) is 8.06. The van der Waals surface area contributed by atoms with E-state index in [0.717, 1.165) is 15.6 Å². The van der Waals surface area contributed by atoms with Gasteiger partial charge in [0, 0.05) is 22.1 Å². The van der Waals surface area contributed by atoms with Crippen LogP contribution in [0.15, 0.2) is 46.9 Å². The first-order valence-corrected chi connectivity index (χ1v) is 10.1. The Kier molecular flexibility index (Phi) is 8.05. The van der Waals surface area contributed by atoms with Gasteiger partial charge in [-0.2, -0.15) is 0 Å². The molecule has 0 aromatic heterocycles. The minimum atomic E-state index is -0.606. The van der Waals surface area contributed by atoms with E-state index in [-0.39, 0.29) is 17.7 Å². The predicted octanol–water partition coefficient (Wildman–Crippen LogP) is 4.23. The number of benzene rings is 2. The number of nitrogens with one attached hydrogen (secondary N) is 2. The van der Waals surface area contributed by atoms with Gasteiger partial charge in [0.1, 0.15) is 11.8 Å². The van der Waals surface area contributed by atoms with Crippen LogP contribution in [0.3, 0.4) is 0 Å². The van der Waals surface area contributed by atoms with Crippen molar-refractivity contribution in [3.63, 3.8) is 0 Å². The van der Waals surface area contributed by atoms with Crippen LogP contribution in [0.1, 0.15) is 41.8 Å². The summed E-state index contributed by atoms with van der Waals surface area (Å²) in [4.78, 5) is 25.5. The number of hydrogen-bond donors (Lipinski definition) is 2. The molecule has 28 heavy (non-hydrogen) atoms. The van der Waals surface area contributed by atoms with Crippen LogP contribution < -0.4 is 15.4 Å². The van der Waals surface area contributed by atoms with Crippen LogP contribution in [0.5, 0.6) is 5.75 Å². The van der Waals surface area contributed by atoms with Gasteiger partial charge < -0.3 is 15.4 Å². The average molecular weight is 447 g/mol. The minimum absolute atomic E-state index is 0.210. The highest BCUT2D eigenvalue weighted by Gasteiger charge is 2.23. The van der Waals surface area contributed by atoms with E-state index >= 15 is 0 Å². The number of carbonyl (C=O) groups is 2. The van der Waals surface area contributed by atoms with E-state index in [2.05, 4.69) is 26.6 Å². The van der Waals surface area contributed by atoms with Crippen molar-refractivity contribution in [3.05, 3.63) is 63.6 Å². The molecule has 6 heteroatoms. The number of amides is 2. The van der Waals surface area contributed by atoms with Crippen LogP contribution >= 0.6 is 15.9 Å². The van der Waals surface area contributed by atoms with E-state index in [1.54, 1.807) is 13.2 Å². The fraction of sp³-hybridized carbons (Fsp3) is 0.364. The maximum absolute atomic E-state index is 12.8. The molecule has 0 saturated heterocycles. The highest BCUT2D eigenvalue weighted by Crippen LogP contribution is 2.22. The molecule has 0 aliphatic heterocycles. The van der Waals surface area contributed by atoms with Gasteiger partial charge in [-0.25, -0.2) is 0 Å². The fourth-order valence-electron chi connectivity index (χ4n) is 2.96. The quantitative estimate of drug-likeness (QED) is 0.637. The van der Waals surface area contributed by atoms with Gasteiger partial charge in [0.15, 0.2) is 0 Å². The van der Waals surface area contributed by atoms with Crippen LogP contribution in [0.4, 0.5) is 0 Å². The first-order valence-electron chi connectivity index (χ1n) is 9.28. The van der Waals surface area contributed by atoms with Crippen LogP contribution in [-0.2, 0) is 11.3 Å². The van der Waals surface area contributed by atoms with Crippen molar-refractivity contribution in [2.24, 2.45) is 5.92 Å². The highest BCUT2D eigenvalue weighted by molar-refractivity contribution is 9.10. The highest BCUT2D eigenvalue weighted by atomic mass is 79.9. The Hall–Kier alpha value is -2.34. The molecule has 0 heterocycles. The SMILES string of the molecule is COc1ccc(Br)cc1CNC(=O)C(CC(C)C)NC(=O)c1ccccc1C. The van der Waals surface area contributed by atoms with E-state index in [4.69, 9.17) is 4.74 Å². The molecule has 0 saturated carbocycles. The van der Waals surface area contributed by atoms with Gasteiger partial charge in [-0.05, 0) is 49.1 Å². The van der Waals surface area contributed by atoms with Gasteiger partial charge in [-0.15, -0.1) is 0 Å². The van der Waals surface area contributed by atoms with Gasteiger partial charge in [-0.3, -0.25) is 9.59 Å². The van der Waals surface area contributed by atoms with Crippen LogP contribution in [0, 0.1) is 12.8 Å². The summed E-state index contributed by atoms with van der Waals surface area (Å²) in [5, 5.41) is 5.81. The van der Waals surface area contributed by atoms with Crippen LogP contribution in [0.2, 0.25) is 0 Å². The van der Waals surface area contributed by atoms with Crippen LogP contribution in [0.25, 0.3) is 0 Å². The molecule has 0 aliphatic carbocycles. The molecule has 2 aromatic carbocycles. The summed E-state index contributed by atoms with van der Waals surface area (Å²) in [7, 11) is 1.60. The molecular weight excluding hydrogens is 420 g/mol. The van der Waals surface area contributed by atoms with Gasteiger partial charge in [0.05, 0.1) is 7.11 Å². The minimum Gasteiger partial charge on any atom is -0.496 e. The van der Waals surface area contributed by atoms with Crippen molar-refractivity contribution in [1.29, 1.82) is 0 Å². The fourth-order valence-corrected chi connectivity index (χ4v) is 3.37. The van der Waals surface area contributed by atoms with Gasteiger partial charge in [0.25, 0.3) is 5.91 Å². The number of aryl methyl sites for hydroxylation is 1. The third-order valence-corrected chi connectivity index (χ3v) is 4.91. The Morgan fingerprint density at radius 1 is 1.14 bits per heavy atom. The number of ether oxygens (including phenoxy) is 1. The van der Waals surface area contributed by atoms with Crippen molar-refractivity contribution in [2.45, 2.75) is 39.8 Å². The lowest BCUT2D eigenvalue weighted by Gasteiger charge is -2.21. The van der Waals surface area contributed by atoms with Crippen LogP contribution in [-0.4, -0.2) is 25.0 Å². The van der Waals surface area contributed by atoms with Crippen molar-refractivity contribution in [3.8, 4) is 5.75 Å². The zero-order valence-electron chi connectivity index (χ0n) is 16.7. The maximum Gasteiger partial charge on any atom is 0.252 e. The first kappa shape index (κ1) is 22.0. The molecule has 0 fully saturated rings. The Morgan fingerprint density at radius 3 is 2.50 bits per heavy atom. The standard InChI is InChI=1S/C22H27BrN2O3/c1-14(2)11-19(25-21(26)18-8-6-5-7-15(18)3)22(27)24-13-16-12-17(23)9-10-20(16)28-4/h5-10,12,14,19H,11,13H2,1-4H3,(H,24,27)(H,25,26). The number of hydrogen-bond acceptors (Lipinski definition) is 3. The third kappa shape index (κ3) is 6.09. The van der Waals surface area contributed by atoms with E-state index in [0.29, 0.717) is 24.3 Å². The summed E-state index contributed by atoms with van der Waals surface area (Å²) in [6.07, 6.45) is 0.555. The lowest BCUT2D eigenvalue weighted by Crippen LogP contribution is -2.47. The van der Waals surface area contributed by atoms with E-state index in [1.165, 1.54) is 0 Å². The Morgan fingerprint density at radius 2 is 1.86 bits per heavy atom. The molecule has 0 radical (unpaired) electrons. The molecule has 0 aliphatic rings. The van der Waals surface area contributed by atoms with Crippen molar-refractivity contribution in [1.82, 2.24) is 10.6 Å². The average Bonchev–Trinajstić information content (AvgIpc) is 2.65. The molecule has 2 N–H and O–H groups in total. The number of carbonyl (C=O) groups excluding carboxylic acids is 2. The summed E-state index contributed by atoms with van der Waals surface area (Å²) < 4.78 is 6.26. The summed E-state index contributed by atoms with van der Waals surface area (Å²) >= 11 is 3.43. The van der Waals surface area contributed by atoms with E-state index in [9.17, 15) is 9.59 Å². The van der Waals surface area contributed by atoms with Gasteiger partial charge >= 0.3 is 0 Å². The van der Waals surface area contributed by atoms with Crippen molar-refractivity contribution >= 4 is 27.7 Å². The number of rotatable bonds is 8. The monoisotopic (exact) mass is 446 g/mol. The van der Waals surface area contributed by atoms with Crippen molar-refractivity contribution in [2.75, 3.05) is 7.11 Å². The molecule has 1 unspecified atom stereocenters. The topological polar surface area (TPSA) is 67.4 Å². The lowest BCUT2D eigenvalue weighted by atomic mass is 10.0. The smallest absolute Gasteiger partial charge is 0.252 e. The molecule has 2 rings (SSSR count). The first-order chi connectivity index (χ1) is 13.3. The molecule has 1 atom stereocenters. The molecule has 2 amide bonds. The maximum atomic E-state index is 12.8. The molecule has 150 valence electrons. The summed E-state index contributed by atoms with van der Waals surface area (Å²) in [6.45, 7) is 6.25. The number of methoxy groups -OCH3 is 1. The summed E-state index contributed by atoms with van der Waals surface area (Å²) in [6, 6.07) is 12.4. The molecule has 5 nitrogen and oxygen atoms in total. The number of halogens is 1. The second-order valence-electron chi connectivity index (χ2n) is 7.14. The largest absolute Gasteiger partial charge is 0.496 e. The Labute approximate surface area is 175 Å². The zero-order chi connectivity index (χ0) is 20.7. The van der Waals surface area contributed by atoms with E-state index in [1.807, 2.05) is 57.2 Å². The molecule has 2 aromatic rings. The predicted molar refractivity (Wildman–Crippen MR) is 114 cm³/mol. The molecule has 0 spiro atoms. The van der Waals surface area contributed by atoms with Gasteiger partial charge in [-0.1, -0.05) is 48.0 Å². The Balaban J connectivity index is 2.10. The third-order valence-electron chi connectivity index (χ3n) is 4.41. The lowest BCUT2D eigenvalue weighted by molar-refractivity contribution is -0.123. The summed E-state index contributed by atoms with van der Waals surface area (Å²) in [5.41, 5.74) is 2.32. The Bertz CT molecular complexity index is 836. The molecule has 0 bridgehead atoms. The van der Waals surface area contributed by atoms with E-state index < -0.39 is 6.04 Å².